The first kappa shape index (κ1) is 86.1. The molecule has 0 amide bonds. The maximum atomic E-state index is 13.0. The van der Waals surface area contributed by atoms with Gasteiger partial charge in [0.05, 0.1) is 26.4 Å². The van der Waals surface area contributed by atoms with E-state index in [-0.39, 0.29) is 25.7 Å². The van der Waals surface area contributed by atoms with Crippen molar-refractivity contribution in [2.75, 3.05) is 39.6 Å². The second-order valence-corrected chi connectivity index (χ2v) is 28.3. The molecule has 0 aliphatic heterocycles. The molecule has 0 aromatic carbocycles. The Morgan fingerprint density at radius 3 is 0.773 bits per heavy atom. The van der Waals surface area contributed by atoms with Crippen LogP contribution in [0.15, 0.2) is 0 Å². The molecule has 0 aromatic rings. The Kier molecular flexibility index (Phi) is 61.1. The molecule has 5 atom stereocenters. The monoisotopic (exact) mass is 1300 g/mol. The topological polar surface area (TPSA) is 237 Å². The Morgan fingerprint density at radius 1 is 0.307 bits per heavy atom. The summed E-state index contributed by atoms with van der Waals surface area (Å²) in [7, 11) is -9.89. The van der Waals surface area contributed by atoms with E-state index in [9.17, 15) is 43.2 Å². The lowest BCUT2D eigenvalue weighted by Crippen LogP contribution is -2.30. The fraction of sp³-hybridized carbons (Fsp3) is 0.942. The number of hydrogen-bond donors (Lipinski definition) is 3. The number of phosphoric ester groups is 2. The smallest absolute Gasteiger partial charge is 0.462 e. The van der Waals surface area contributed by atoms with Crippen molar-refractivity contribution in [3.8, 4) is 0 Å². The van der Waals surface area contributed by atoms with E-state index >= 15 is 0 Å². The SMILES string of the molecule is CCCCCCCCCCCCCCCCCCCCCCCC(=O)O[C@H](COC(=O)CCCCCCCCCCCC(C)C)COP(=O)(O)OC[C@@H](O)COP(=O)(O)OC[C@@H](COC(=O)CCCCCCCCC)OC(=O)CCCCCCCCCC. The Morgan fingerprint density at radius 2 is 0.523 bits per heavy atom. The molecule has 0 aromatic heterocycles. The minimum absolute atomic E-state index is 0.105. The van der Waals surface area contributed by atoms with E-state index in [0.29, 0.717) is 25.7 Å². The van der Waals surface area contributed by atoms with Crippen LogP contribution in [0.3, 0.4) is 0 Å². The average Bonchev–Trinajstić information content (AvgIpc) is 3.70. The number of carbonyl (C=O) groups excluding carboxylic acids is 4. The Hall–Kier alpha value is -1.94. The van der Waals surface area contributed by atoms with E-state index < -0.39 is 97.5 Å². The summed E-state index contributed by atoms with van der Waals surface area (Å²) < 4.78 is 68.0. The number of aliphatic hydroxyl groups is 1. The zero-order valence-corrected chi connectivity index (χ0v) is 58.6. The summed E-state index contributed by atoms with van der Waals surface area (Å²) in [6, 6.07) is 0. The van der Waals surface area contributed by atoms with E-state index in [1.54, 1.807) is 0 Å². The van der Waals surface area contributed by atoms with Crippen LogP contribution in [0.1, 0.15) is 356 Å². The molecule has 0 aliphatic carbocycles. The molecular weight excluding hydrogens is 1160 g/mol. The predicted molar refractivity (Wildman–Crippen MR) is 354 cm³/mol. The van der Waals surface area contributed by atoms with Crippen molar-refractivity contribution in [1.82, 2.24) is 0 Å². The molecule has 17 nitrogen and oxygen atoms in total. The summed E-state index contributed by atoms with van der Waals surface area (Å²) in [5.74, 6) is -1.39. The highest BCUT2D eigenvalue weighted by Gasteiger charge is 2.30. The van der Waals surface area contributed by atoms with E-state index in [4.69, 9.17) is 37.0 Å². The van der Waals surface area contributed by atoms with Crippen LogP contribution in [0.25, 0.3) is 0 Å². The Bertz CT molecular complexity index is 1700. The molecule has 0 bridgehead atoms. The minimum Gasteiger partial charge on any atom is -0.462 e. The van der Waals surface area contributed by atoms with Crippen LogP contribution in [-0.2, 0) is 65.4 Å². The van der Waals surface area contributed by atoms with E-state index in [1.165, 1.54) is 161 Å². The normalized spacial score (nSPS) is 14.1. The highest BCUT2D eigenvalue weighted by Crippen LogP contribution is 2.45. The Labute approximate surface area is 537 Å². The van der Waals surface area contributed by atoms with Crippen LogP contribution in [0, 0.1) is 5.92 Å². The number of carbonyl (C=O) groups is 4. The summed E-state index contributed by atoms with van der Waals surface area (Å²) in [4.78, 5) is 72.2. The second-order valence-electron chi connectivity index (χ2n) is 25.4. The highest BCUT2D eigenvalue weighted by atomic mass is 31.2. The van der Waals surface area contributed by atoms with Crippen molar-refractivity contribution >= 4 is 39.5 Å². The fourth-order valence-electron chi connectivity index (χ4n) is 10.5. The maximum absolute atomic E-state index is 13.0. The van der Waals surface area contributed by atoms with Gasteiger partial charge in [-0.1, -0.05) is 304 Å². The summed E-state index contributed by atoms with van der Waals surface area (Å²) in [6.07, 6.45) is 49.0. The van der Waals surface area contributed by atoms with Gasteiger partial charge in [0.1, 0.15) is 19.3 Å². The standard InChI is InChI=1S/C69H134O17P2/c1-6-9-12-15-18-20-21-22-23-24-25-26-27-28-29-30-31-34-40-45-50-55-69(74)86-65(59-80-67(72)53-48-43-39-35-32-33-37-41-46-51-62(4)5)61-84-88(77,78)82-57-63(70)56-81-87(75,76)83-60-64(58-79-66(71)52-47-42-36-17-14-11-8-3)85-68(73)54-49-44-38-19-16-13-10-7-2/h62-65,70H,6-61H2,1-5H3,(H,75,76)(H,77,78)/t63-,64+,65+/m0/s1. The number of phosphoric acid groups is 2. The summed E-state index contributed by atoms with van der Waals surface area (Å²) in [5, 5.41) is 10.5. The largest absolute Gasteiger partial charge is 0.472 e. The zero-order valence-electron chi connectivity index (χ0n) is 56.9. The molecule has 522 valence electrons. The van der Waals surface area contributed by atoms with Gasteiger partial charge in [-0.15, -0.1) is 0 Å². The quantitative estimate of drug-likeness (QED) is 0.0222. The first-order valence-electron chi connectivity index (χ1n) is 36.1. The van der Waals surface area contributed by atoms with Crippen LogP contribution in [0.5, 0.6) is 0 Å². The molecule has 0 heterocycles. The van der Waals surface area contributed by atoms with Gasteiger partial charge in [-0.05, 0) is 31.6 Å². The van der Waals surface area contributed by atoms with Gasteiger partial charge in [0, 0.05) is 25.7 Å². The van der Waals surface area contributed by atoms with Gasteiger partial charge in [-0.25, -0.2) is 9.13 Å². The molecule has 0 fully saturated rings. The van der Waals surface area contributed by atoms with Gasteiger partial charge >= 0.3 is 39.5 Å². The molecule has 0 spiro atoms. The molecule has 3 N–H and O–H groups in total. The number of esters is 4. The third-order valence-corrected chi connectivity index (χ3v) is 17.9. The second kappa shape index (κ2) is 62.5. The minimum atomic E-state index is -4.95. The van der Waals surface area contributed by atoms with Gasteiger partial charge in [0.2, 0.25) is 0 Å². The first-order valence-corrected chi connectivity index (χ1v) is 39.1. The molecule has 88 heavy (non-hydrogen) atoms. The molecule has 2 unspecified atom stereocenters. The van der Waals surface area contributed by atoms with Crippen molar-refractivity contribution in [3.63, 3.8) is 0 Å². The maximum Gasteiger partial charge on any atom is 0.472 e. The number of aliphatic hydroxyl groups excluding tert-OH is 1. The van der Waals surface area contributed by atoms with Gasteiger partial charge in [-0.3, -0.25) is 37.3 Å². The molecule has 0 aliphatic rings. The van der Waals surface area contributed by atoms with Crippen LogP contribution >= 0.6 is 15.6 Å². The van der Waals surface area contributed by atoms with Gasteiger partial charge in [0.15, 0.2) is 12.2 Å². The van der Waals surface area contributed by atoms with Crippen molar-refractivity contribution < 1.29 is 80.2 Å². The van der Waals surface area contributed by atoms with E-state index in [0.717, 1.165) is 115 Å². The van der Waals surface area contributed by atoms with Gasteiger partial charge in [-0.2, -0.15) is 0 Å². The molecule has 0 saturated heterocycles. The van der Waals surface area contributed by atoms with Crippen molar-refractivity contribution in [2.45, 2.75) is 374 Å². The van der Waals surface area contributed by atoms with Gasteiger partial charge < -0.3 is 33.8 Å². The third kappa shape index (κ3) is 62.8. The summed E-state index contributed by atoms with van der Waals surface area (Å²) in [5.41, 5.74) is 0. The van der Waals surface area contributed by atoms with Crippen LogP contribution in [0.4, 0.5) is 0 Å². The predicted octanol–water partition coefficient (Wildman–Crippen LogP) is 19.7. The van der Waals surface area contributed by atoms with Crippen molar-refractivity contribution in [3.05, 3.63) is 0 Å². The summed E-state index contributed by atoms with van der Waals surface area (Å²) >= 11 is 0. The molecule has 0 radical (unpaired) electrons. The summed E-state index contributed by atoms with van der Waals surface area (Å²) in [6.45, 7) is 7.14. The molecule has 19 heteroatoms. The lowest BCUT2D eigenvalue weighted by Gasteiger charge is -2.21. The highest BCUT2D eigenvalue weighted by molar-refractivity contribution is 7.47. The van der Waals surface area contributed by atoms with Crippen LogP contribution in [0.2, 0.25) is 0 Å². The number of unbranched alkanes of at least 4 members (excludes halogenated alkanes) is 41. The molecule has 0 saturated carbocycles. The number of hydrogen-bond acceptors (Lipinski definition) is 15. The van der Waals surface area contributed by atoms with E-state index in [2.05, 4.69) is 34.6 Å². The zero-order chi connectivity index (χ0) is 64.9. The first-order chi connectivity index (χ1) is 42.5. The fourth-order valence-corrected chi connectivity index (χ4v) is 12.0. The van der Waals surface area contributed by atoms with E-state index in [1.807, 2.05) is 0 Å². The lowest BCUT2D eigenvalue weighted by atomic mass is 10.0. The van der Waals surface area contributed by atoms with Crippen LogP contribution < -0.4 is 0 Å². The third-order valence-electron chi connectivity index (χ3n) is 16.0. The lowest BCUT2D eigenvalue weighted by molar-refractivity contribution is -0.161. The van der Waals surface area contributed by atoms with Crippen LogP contribution in [-0.4, -0.2) is 96.7 Å². The number of ether oxygens (including phenoxy) is 4. The van der Waals surface area contributed by atoms with Crippen molar-refractivity contribution in [1.29, 1.82) is 0 Å². The van der Waals surface area contributed by atoms with Crippen molar-refractivity contribution in [2.24, 2.45) is 5.92 Å². The Balaban J connectivity index is 5.11. The number of rotatable bonds is 69. The average molecular weight is 1300 g/mol. The van der Waals surface area contributed by atoms with Gasteiger partial charge in [0.25, 0.3) is 0 Å². The molecular formula is C69H134O17P2. The molecule has 0 rings (SSSR count).